The van der Waals surface area contributed by atoms with Gasteiger partial charge in [0.25, 0.3) is 0 Å². The van der Waals surface area contributed by atoms with Crippen molar-refractivity contribution < 1.29 is 23.1 Å². The summed E-state index contributed by atoms with van der Waals surface area (Å²) in [6.07, 6.45) is 0.0904. The monoisotopic (exact) mass is 347 g/mol. The Morgan fingerprint density at radius 2 is 1.58 bits per heavy atom. The summed E-state index contributed by atoms with van der Waals surface area (Å²) in [6.45, 7) is 1.58. The molecule has 0 spiro atoms. The molecule has 6 nitrogen and oxygen atoms in total. The van der Waals surface area contributed by atoms with Crippen molar-refractivity contribution in [3.05, 3.63) is 59.7 Å². The molecular weight excluding hydrogens is 330 g/mol. The highest BCUT2D eigenvalue weighted by Gasteiger charge is 2.12. The molecule has 0 aliphatic rings. The number of amides is 1. The summed E-state index contributed by atoms with van der Waals surface area (Å²) in [7, 11) is -3.25. The highest BCUT2D eigenvalue weighted by atomic mass is 32.2. The Bertz CT molecular complexity index is 840. The van der Waals surface area contributed by atoms with E-state index in [4.69, 9.17) is 5.11 Å². The Morgan fingerprint density at radius 3 is 2.08 bits per heavy atom. The van der Waals surface area contributed by atoms with Crippen LogP contribution in [0.4, 0.5) is 5.69 Å². The van der Waals surface area contributed by atoms with Crippen molar-refractivity contribution in [2.24, 2.45) is 0 Å². The quantitative estimate of drug-likeness (QED) is 0.835. The molecule has 1 amide bonds. The third-order valence-electron chi connectivity index (χ3n) is 3.44. The number of carboxylic acids is 1. The molecule has 2 N–H and O–H groups in total. The summed E-state index contributed by atoms with van der Waals surface area (Å²) in [5.41, 5.74) is 1.32. The van der Waals surface area contributed by atoms with Crippen LogP contribution in [-0.2, 0) is 21.1 Å². The van der Waals surface area contributed by atoms with Crippen LogP contribution in [0.15, 0.2) is 53.4 Å². The summed E-state index contributed by atoms with van der Waals surface area (Å²) < 4.78 is 23.5. The molecule has 0 saturated carbocycles. The highest BCUT2D eigenvalue weighted by Crippen LogP contribution is 2.14. The van der Waals surface area contributed by atoms with E-state index in [2.05, 4.69) is 5.32 Å². The van der Waals surface area contributed by atoms with Crippen molar-refractivity contribution in [2.45, 2.75) is 18.2 Å². The van der Waals surface area contributed by atoms with Crippen molar-refractivity contribution in [1.29, 1.82) is 0 Å². The summed E-state index contributed by atoms with van der Waals surface area (Å²) in [4.78, 5) is 23.0. The lowest BCUT2D eigenvalue weighted by Crippen LogP contribution is -2.14. The van der Waals surface area contributed by atoms with Gasteiger partial charge in [-0.25, -0.2) is 13.2 Å². The van der Waals surface area contributed by atoms with Crippen LogP contribution in [0, 0.1) is 0 Å². The Kier molecular flexibility index (Phi) is 5.35. The third-order valence-corrected chi connectivity index (χ3v) is 5.19. The Hall–Kier alpha value is -2.67. The van der Waals surface area contributed by atoms with Crippen LogP contribution in [0.2, 0.25) is 0 Å². The molecule has 0 atom stereocenters. The van der Waals surface area contributed by atoms with Gasteiger partial charge < -0.3 is 10.4 Å². The minimum atomic E-state index is -3.25. The summed E-state index contributed by atoms with van der Waals surface area (Å²) in [6, 6.07) is 12.0. The molecule has 24 heavy (non-hydrogen) atoms. The van der Waals surface area contributed by atoms with Gasteiger partial charge in [-0.15, -0.1) is 0 Å². The smallest absolute Gasteiger partial charge is 0.335 e. The van der Waals surface area contributed by atoms with Gasteiger partial charge in [-0.2, -0.15) is 0 Å². The summed E-state index contributed by atoms with van der Waals surface area (Å²) in [5, 5.41) is 11.5. The molecule has 7 heteroatoms. The summed E-state index contributed by atoms with van der Waals surface area (Å²) >= 11 is 0. The van der Waals surface area contributed by atoms with Gasteiger partial charge in [0.2, 0.25) is 5.91 Å². The molecule has 0 aromatic heterocycles. The highest BCUT2D eigenvalue weighted by molar-refractivity contribution is 7.91. The second kappa shape index (κ2) is 7.27. The van der Waals surface area contributed by atoms with Crippen molar-refractivity contribution in [1.82, 2.24) is 0 Å². The van der Waals surface area contributed by atoms with Gasteiger partial charge in [-0.3, -0.25) is 4.79 Å². The number of carbonyl (C=O) groups excluding carboxylic acids is 1. The van der Waals surface area contributed by atoms with Crippen molar-refractivity contribution >= 4 is 27.4 Å². The molecule has 0 bridgehead atoms. The van der Waals surface area contributed by atoms with Crippen molar-refractivity contribution in [3.8, 4) is 0 Å². The van der Waals surface area contributed by atoms with Crippen LogP contribution in [0.3, 0.4) is 0 Å². The van der Waals surface area contributed by atoms with E-state index in [1.807, 2.05) is 0 Å². The number of rotatable bonds is 6. The first-order valence-corrected chi connectivity index (χ1v) is 8.92. The topological polar surface area (TPSA) is 101 Å². The minimum Gasteiger partial charge on any atom is -0.478 e. The number of carboxylic acid groups (broad SMARTS) is 1. The maximum absolute atomic E-state index is 12.0. The first kappa shape index (κ1) is 17.7. The molecule has 2 aromatic rings. The van der Waals surface area contributed by atoms with Crippen LogP contribution in [0.5, 0.6) is 0 Å². The van der Waals surface area contributed by atoms with Gasteiger partial charge >= 0.3 is 5.97 Å². The van der Waals surface area contributed by atoms with Crippen LogP contribution in [0.1, 0.15) is 22.8 Å². The van der Waals surface area contributed by atoms with Crippen LogP contribution in [-0.4, -0.2) is 31.2 Å². The normalized spacial score (nSPS) is 11.0. The van der Waals surface area contributed by atoms with Gasteiger partial charge in [0, 0.05) is 5.69 Å². The first-order chi connectivity index (χ1) is 11.3. The fraction of sp³-hybridized carbons (Fsp3) is 0.176. The second-order valence-corrected chi connectivity index (χ2v) is 7.43. The van der Waals surface area contributed by atoms with Gasteiger partial charge in [-0.05, 0) is 42.0 Å². The van der Waals surface area contributed by atoms with E-state index in [1.54, 1.807) is 19.1 Å². The fourth-order valence-electron chi connectivity index (χ4n) is 2.07. The third kappa shape index (κ3) is 4.42. The SMILES string of the molecule is CCS(=O)(=O)c1ccc(CC(=O)Nc2ccc(C(=O)O)cc2)cc1. The molecule has 0 saturated heterocycles. The van der Waals surface area contributed by atoms with E-state index in [0.717, 1.165) is 0 Å². The number of carbonyl (C=O) groups is 2. The minimum absolute atomic E-state index is 0.0270. The molecule has 0 aliphatic heterocycles. The average Bonchev–Trinajstić information content (AvgIpc) is 2.55. The molecule has 2 rings (SSSR count). The Labute approximate surface area is 140 Å². The van der Waals surface area contributed by atoms with Gasteiger partial charge in [0.15, 0.2) is 9.84 Å². The summed E-state index contributed by atoms with van der Waals surface area (Å²) in [5.74, 6) is -1.28. The predicted molar refractivity (Wildman–Crippen MR) is 89.9 cm³/mol. The first-order valence-electron chi connectivity index (χ1n) is 7.26. The lowest BCUT2D eigenvalue weighted by atomic mass is 10.1. The average molecular weight is 347 g/mol. The van der Waals surface area contributed by atoms with Crippen LogP contribution in [0.25, 0.3) is 0 Å². The molecule has 0 heterocycles. The molecule has 126 valence electrons. The van der Waals surface area contributed by atoms with E-state index in [0.29, 0.717) is 11.3 Å². The largest absolute Gasteiger partial charge is 0.478 e. The Morgan fingerprint density at radius 1 is 1.00 bits per heavy atom. The van der Waals surface area contributed by atoms with E-state index in [9.17, 15) is 18.0 Å². The van der Waals surface area contributed by atoms with Gasteiger partial charge in [-0.1, -0.05) is 19.1 Å². The maximum Gasteiger partial charge on any atom is 0.335 e. The predicted octanol–water partition coefficient (Wildman–Crippen LogP) is 2.36. The lowest BCUT2D eigenvalue weighted by molar-refractivity contribution is -0.115. The molecule has 0 radical (unpaired) electrons. The van der Waals surface area contributed by atoms with Gasteiger partial charge in [0.05, 0.1) is 22.6 Å². The number of sulfone groups is 1. The number of nitrogens with one attached hydrogen (secondary N) is 1. The van der Waals surface area contributed by atoms with Gasteiger partial charge in [0.1, 0.15) is 0 Å². The fourth-order valence-corrected chi connectivity index (χ4v) is 2.95. The number of anilines is 1. The van der Waals surface area contributed by atoms with Crippen LogP contribution < -0.4 is 5.32 Å². The molecule has 2 aromatic carbocycles. The van der Waals surface area contributed by atoms with Crippen LogP contribution >= 0.6 is 0 Å². The zero-order valence-corrected chi connectivity index (χ0v) is 13.8. The molecular formula is C17H17NO5S. The Balaban J connectivity index is 2.00. The second-order valence-electron chi connectivity index (χ2n) is 5.15. The molecule has 0 fully saturated rings. The van der Waals surface area contributed by atoms with E-state index < -0.39 is 15.8 Å². The number of benzene rings is 2. The van der Waals surface area contributed by atoms with E-state index >= 15 is 0 Å². The zero-order chi connectivity index (χ0) is 17.7. The number of aromatic carboxylic acids is 1. The number of hydrogen-bond donors (Lipinski definition) is 2. The van der Waals surface area contributed by atoms with Crippen molar-refractivity contribution in [2.75, 3.05) is 11.1 Å². The molecule has 0 unspecified atom stereocenters. The zero-order valence-electron chi connectivity index (χ0n) is 13.0. The maximum atomic E-state index is 12.0. The number of hydrogen-bond acceptors (Lipinski definition) is 4. The van der Waals surface area contributed by atoms with E-state index in [1.165, 1.54) is 36.4 Å². The standard InChI is InChI=1S/C17H17NO5S/c1-2-24(22,23)15-9-3-12(4-10-15)11-16(19)18-14-7-5-13(6-8-14)17(20)21/h3-10H,2,11H2,1H3,(H,18,19)(H,20,21). The van der Waals surface area contributed by atoms with E-state index in [-0.39, 0.29) is 28.5 Å². The molecule has 0 aliphatic carbocycles. The lowest BCUT2D eigenvalue weighted by Gasteiger charge is -2.07. The van der Waals surface area contributed by atoms with Crippen molar-refractivity contribution in [3.63, 3.8) is 0 Å².